The Hall–Kier alpha value is -3.53. The molecule has 4 aromatic rings. The molecule has 6 nitrogen and oxygen atoms in total. The van der Waals surface area contributed by atoms with Crippen LogP contribution in [0.1, 0.15) is 0 Å². The minimum atomic E-state index is -4.74. The zero-order valence-electron chi connectivity index (χ0n) is 16.1. The number of hydrogen-bond acceptors (Lipinski definition) is 4. The van der Waals surface area contributed by atoms with E-state index in [1.54, 1.807) is 41.2 Å². The molecule has 0 atom stereocenters. The second-order valence-electron chi connectivity index (χ2n) is 6.81. The molecule has 10 heteroatoms. The van der Waals surface area contributed by atoms with Crippen LogP contribution in [0, 0.1) is 0 Å². The standard InChI is InChI=1S/C21H16F3N3O3S/c1-31(28,29)26-16-7-10-19-20(12-16)27(13-25-19)17-4-2-3-15(11-17)14-5-8-18(9-6-14)30-21(22,23)24/h2-13,26H,1H3. The highest BCUT2D eigenvalue weighted by Crippen LogP contribution is 2.29. The van der Waals surface area contributed by atoms with Crippen LogP contribution in [0.2, 0.25) is 0 Å². The Kier molecular flexibility index (Phi) is 5.10. The minimum Gasteiger partial charge on any atom is -0.406 e. The van der Waals surface area contributed by atoms with E-state index in [-0.39, 0.29) is 5.75 Å². The Morgan fingerprint density at radius 2 is 1.71 bits per heavy atom. The molecule has 0 amide bonds. The number of benzene rings is 3. The van der Waals surface area contributed by atoms with Crippen molar-refractivity contribution >= 4 is 26.7 Å². The molecule has 0 unspecified atom stereocenters. The summed E-state index contributed by atoms with van der Waals surface area (Å²) in [6, 6.07) is 18.0. The van der Waals surface area contributed by atoms with Gasteiger partial charge in [0.05, 0.1) is 23.0 Å². The summed E-state index contributed by atoms with van der Waals surface area (Å²) in [5.41, 5.74) is 4.03. The van der Waals surface area contributed by atoms with E-state index >= 15 is 0 Å². The lowest BCUT2D eigenvalue weighted by atomic mass is 10.0. The lowest BCUT2D eigenvalue weighted by Crippen LogP contribution is -2.16. The number of imidazole rings is 1. The largest absolute Gasteiger partial charge is 0.573 e. The molecule has 0 aliphatic carbocycles. The van der Waals surface area contributed by atoms with E-state index in [1.165, 1.54) is 12.1 Å². The molecule has 31 heavy (non-hydrogen) atoms. The van der Waals surface area contributed by atoms with Gasteiger partial charge in [0.15, 0.2) is 0 Å². The van der Waals surface area contributed by atoms with E-state index in [1.807, 2.05) is 24.3 Å². The second-order valence-corrected chi connectivity index (χ2v) is 8.56. The number of sulfonamides is 1. The number of nitrogens with zero attached hydrogens (tertiary/aromatic N) is 2. The molecule has 1 aromatic heterocycles. The summed E-state index contributed by atoms with van der Waals surface area (Å²) in [5, 5.41) is 0. The molecule has 0 aliphatic heterocycles. The maximum Gasteiger partial charge on any atom is 0.573 e. The third-order valence-corrected chi connectivity index (χ3v) is 5.00. The number of alkyl halides is 3. The number of fused-ring (bicyclic) bond motifs is 1. The molecule has 0 fully saturated rings. The topological polar surface area (TPSA) is 73.2 Å². The van der Waals surface area contributed by atoms with Crippen molar-refractivity contribution in [3.05, 3.63) is 73.1 Å². The summed E-state index contributed by atoms with van der Waals surface area (Å²) in [6.45, 7) is 0. The van der Waals surface area contributed by atoms with Gasteiger partial charge in [-0.05, 0) is 53.6 Å². The molecule has 1 heterocycles. The highest BCUT2D eigenvalue weighted by molar-refractivity contribution is 7.92. The van der Waals surface area contributed by atoms with Crippen LogP contribution in [0.25, 0.3) is 27.8 Å². The van der Waals surface area contributed by atoms with Gasteiger partial charge in [0.25, 0.3) is 0 Å². The van der Waals surface area contributed by atoms with Crippen LogP contribution < -0.4 is 9.46 Å². The van der Waals surface area contributed by atoms with Crippen LogP contribution in [-0.2, 0) is 10.0 Å². The molecular weight excluding hydrogens is 431 g/mol. The average Bonchev–Trinajstić information content (AvgIpc) is 3.09. The first kappa shape index (κ1) is 20.7. The summed E-state index contributed by atoms with van der Waals surface area (Å²) >= 11 is 0. The average molecular weight is 447 g/mol. The van der Waals surface area contributed by atoms with Crippen molar-refractivity contribution in [3.8, 4) is 22.6 Å². The Morgan fingerprint density at radius 3 is 2.39 bits per heavy atom. The van der Waals surface area contributed by atoms with E-state index in [0.717, 1.165) is 17.5 Å². The van der Waals surface area contributed by atoms with Gasteiger partial charge in [-0.3, -0.25) is 9.29 Å². The van der Waals surface area contributed by atoms with Crippen molar-refractivity contribution in [2.24, 2.45) is 0 Å². The molecule has 0 saturated heterocycles. The van der Waals surface area contributed by atoms with Crippen molar-refractivity contribution < 1.29 is 26.3 Å². The van der Waals surface area contributed by atoms with Gasteiger partial charge in [0.1, 0.15) is 12.1 Å². The molecule has 3 aromatic carbocycles. The van der Waals surface area contributed by atoms with Crippen molar-refractivity contribution in [3.63, 3.8) is 0 Å². The molecule has 0 spiro atoms. The normalized spacial score (nSPS) is 12.1. The Labute approximate surface area is 176 Å². The van der Waals surface area contributed by atoms with E-state index in [0.29, 0.717) is 22.3 Å². The maximum atomic E-state index is 12.4. The van der Waals surface area contributed by atoms with Gasteiger partial charge >= 0.3 is 6.36 Å². The van der Waals surface area contributed by atoms with Crippen LogP contribution in [0.15, 0.2) is 73.1 Å². The predicted octanol–water partition coefficient (Wildman–Crippen LogP) is 4.96. The SMILES string of the molecule is CS(=O)(=O)Nc1ccc2ncn(-c3cccc(-c4ccc(OC(F)(F)F)cc4)c3)c2c1. The summed E-state index contributed by atoms with van der Waals surface area (Å²) in [5.74, 6) is -0.293. The van der Waals surface area contributed by atoms with Crippen molar-refractivity contribution in [2.75, 3.05) is 11.0 Å². The highest BCUT2D eigenvalue weighted by atomic mass is 32.2. The van der Waals surface area contributed by atoms with Crippen LogP contribution in [0.4, 0.5) is 18.9 Å². The monoisotopic (exact) mass is 447 g/mol. The van der Waals surface area contributed by atoms with Crippen molar-refractivity contribution in [2.45, 2.75) is 6.36 Å². The lowest BCUT2D eigenvalue weighted by molar-refractivity contribution is -0.274. The molecule has 1 N–H and O–H groups in total. The fraction of sp³-hybridized carbons (Fsp3) is 0.0952. The van der Waals surface area contributed by atoms with Gasteiger partial charge in [0, 0.05) is 5.69 Å². The van der Waals surface area contributed by atoms with Crippen LogP contribution in [-0.4, -0.2) is 30.6 Å². The molecular formula is C21H16F3N3O3S. The fourth-order valence-corrected chi connectivity index (χ4v) is 3.73. The lowest BCUT2D eigenvalue weighted by Gasteiger charge is -2.11. The van der Waals surface area contributed by atoms with Gasteiger partial charge in [-0.15, -0.1) is 13.2 Å². The Balaban J connectivity index is 1.68. The first-order valence-corrected chi connectivity index (χ1v) is 10.9. The number of ether oxygens (including phenoxy) is 1. The third kappa shape index (κ3) is 4.97. The highest BCUT2D eigenvalue weighted by Gasteiger charge is 2.30. The number of aromatic nitrogens is 2. The smallest absolute Gasteiger partial charge is 0.406 e. The quantitative estimate of drug-likeness (QED) is 0.469. The summed E-state index contributed by atoms with van der Waals surface area (Å²) < 4.78 is 68.3. The van der Waals surface area contributed by atoms with Gasteiger partial charge in [-0.25, -0.2) is 13.4 Å². The zero-order chi connectivity index (χ0) is 22.2. The summed E-state index contributed by atoms with van der Waals surface area (Å²) in [6.07, 6.45) is -2.05. The number of halogens is 3. The molecule has 0 bridgehead atoms. The van der Waals surface area contributed by atoms with Crippen LogP contribution in [0.5, 0.6) is 5.75 Å². The number of anilines is 1. The van der Waals surface area contributed by atoms with E-state index in [4.69, 9.17) is 0 Å². The number of nitrogens with one attached hydrogen (secondary N) is 1. The van der Waals surface area contributed by atoms with Gasteiger partial charge in [0.2, 0.25) is 10.0 Å². The summed E-state index contributed by atoms with van der Waals surface area (Å²) in [7, 11) is -3.42. The number of rotatable bonds is 5. The third-order valence-electron chi connectivity index (χ3n) is 4.40. The van der Waals surface area contributed by atoms with Crippen LogP contribution >= 0.6 is 0 Å². The first-order chi connectivity index (χ1) is 14.6. The van der Waals surface area contributed by atoms with Crippen molar-refractivity contribution in [1.29, 1.82) is 0 Å². The second kappa shape index (κ2) is 7.62. The molecule has 160 valence electrons. The first-order valence-electron chi connectivity index (χ1n) is 8.99. The van der Waals surface area contributed by atoms with Gasteiger partial charge in [-0.1, -0.05) is 24.3 Å². The Bertz CT molecular complexity index is 1350. The minimum absolute atomic E-state index is 0.293. The molecule has 4 rings (SSSR count). The van der Waals surface area contributed by atoms with Gasteiger partial charge < -0.3 is 4.74 Å². The fourth-order valence-electron chi connectivity index (χ4n) is 3.18. The van der Waals surface area contributed by atoms with E-state index in [9.17, 15) is 21.6 Å². The zero-order valence-corrected chi connectivity index (χ0v) is 16.9. The molecule has 0 aliphatic rings. The predicted molar refractivity (Wildman–Crippen MR) is 112 cm³/mol. The Morgan fingerprint density at radius 1 is 0.968 bits per heavy atom. The molecule has 0 saturated carbocycles. The van der Waals surface area contributed by atoms with E-state index in [2.05, 4.69) is 14.4 Å². The van der Waals surface area contributed by atoms with Crippen LogP contribution in [0.3, 0.4) is 0 Å². The molecule has 0 radical (unpaired) electrons. The maximum absolute atomic E-state index is 12.4. The van der Waals surface area contributed by atoms with Gasteiger partial charge in [-0.2, -0.15) is 0 Å². The van der Waals surface area contributed by atoms with Crippen molar-refractivity contribution in [1.82, 2.24) is 9.55 Å². The number of hydrogen-bond donors (Lipinski definition) is 1. The summed E-state index contributed by atoms with van der Waals surface area (Å²) in [4.78, 5) is 4.34. The van der Waals surface area contributed by atoms with E-state index < -0.39 is 16.4 Å².